The Hall–Kier alpha value is -2.57. The van der Waals surface area contributed by atoms with Gasteiger partial charge in [-0.25, -0.2) is 0 Å². The number of ether oxygens (including phenoxy) is 2. The molecule has 2 N–H and O–H groups in total. The molecule has 0 aliphatic heterocycles. The maximum absolute atomic E-state index is 12.4. The summed E-state index contributed by atoms with van der Waals surface area (Å²) >= 11 is 0. The van der Waals surface area contributed by atoms with Gasteiger partial charge >= 0.3 is 5.97 Å². The summed E-state index contributed by atoms with van der Waals surface area (Å²) in [5.41, 5.74) is 0.252. The van der Waals surface area contributed by atoms with Crippen molar-refractivity contribution in [3.05, 3.63) is 29.8 Å². The van der Waals surface area contributed by atoms with Gasteiger partial charge in [-0.2, -0.15) is 0 Å². The summed E-state index contributed by atoms with van der Waals surface area (Å²) in [5.74, 6) is 1.34. The Balaban J connectivity index is 1.22. The standard InChI is InChI=1S/C23H30N2O5/c1-2-29-19-6-4-3-5-18(19)22(28)24-13-21(27)30-14-20(26)25-23-10-15-7-16(11-23)9-17(8-15)12-23/h3-6,15-17H,2,7-14H2,1H3,(H,24,28)(H,25,26). The molecule has 162 valence electrons. The molecule has 4 fully saturated rings. The average Bonchev–Trinajstić information content (AvgIpc) is 2.70. The van der Waals surface area contributed by atoms with Crippen molar-refractivity contribution in [2.75, 3.05) is 19.8 Å². The smallest absolute Gasteiger partial charge is 0.325 e. The van der Waals surface area contributed by atoms with Crippen molar-refractivity contribution in [3.8, 4) is 5.75 Å². The lowest BCUT2D eigenvalue weighted by atomic mass is 9.53. The number of amides is 2. The van der Waals surface area contributed by atoms with Crippen LogP contribution in [-0.2, 0) is 14.3 Å². The predicted molar refractivity (Wildman–Crippen MR) is 110 cm³/mol. The van der Waals surface area contributed by atoms with Gasteiger partial charge in [0, 0.05) is 5.54 Å². The van der Waals surface area contributed by atoms with E-state index in [-0.39, 0.29) is 24.6 Å². The number of carbonyl (C=O) groups is 3. The zero-order chi connectivity index (χ0) is 21.1. The summed E-state index contributed by atoms with van der Waals surface area (Å²) < 4.78 is 10.5. The molecule has 4 aliphatic rings. The van der Waals surface area contributed by atoms with Crippen LogP contribution in [0.4, 0.5) is 0 Å². The van der Waals surface area contributed by atoms with Crippen molar-refractivity contribution < 1.29 is 23.9 Å². The van der Waals surface area contributed by atoms with Gasteiger partial charge < -0.3 is 20.1 Å². The number of nitrogens with one attached hydrogen (secondary N) is 2. The highest BCUT2D eigenvalue weighted by molar-refractivity contribution is 5.98. The zero-order valence-corrected chi connectivity index (χ0v) is 17.4. The number of hydrogen-bond donors (Lipinski definition) is 2. The molecule has 0 atom stereocenters. The molecule has 1 aromatic rings. The molecule has 30 heavy (non-hydrogen) atoms. The van der Waals surface area contributed by atoms with Crippen molar-refractivity contribution in [3.63, 3.8) is 0 Å². The highest BCUT2D eigenvalue weighted by atomic mass is 16.5. The van der Waals surface area contributed by atoms with E-state index < -0.39 is 11.9 Å². The van der Waals surface area contributed by atoms with Crippen LogP contribution in [0, 0.1) is 17.8 Å². The summed E-state index contributed by atoms with van der Waals surface area (Å²) in [6.07, 6.45) is 7.05. The highest BCUT2D eigenvalue weighted by Crippen LogP contribution is 2.55. The highest BCUT2D eigenvalue weighted by Gasteiger charge is 2.51. The van der Waals surface area contributed by atoms with Crippen LogP contribution >= 0.6 is 0 Å². The minimum Gasteiger partial charge on any atom is -0.493 e. The quantitative estimate of drug-likeness (QED) is 0.638. The third kappa shape index (κ3) is 4.60. The first-order valence-corrected chi connectivity index (χ1v) is 10.9. The molecule has 0 heterocycles. The van der Waals surface area contributed by atoms with E-state index in [0.29, 0.717) is 17.9 Å². The van der Waals surface area contributed by atoms with Gasteiger partial charge in [0.25, 0.3) is 11.8 Å². The van der Waals surface area contributed by atoms with Crippen molar-refractivity contribution >= 4 is 17.8 Å². The summed E-state index contributed by atoms with van der Waals surface area (Å²) in [7, 11) is 0. The molecule has 2 amide bonds. The number of para-hydroxylation sites is 1. The molecule has 0 spiro atoms. The van der Waals surface area contributed by atoms with Gasteiger partial charge in [0.1, 0.15) is 12.3 Å². The van der Waals surface area contributed by atoms with E-state index in [0.717, 1.165) is 37.0 Å². The van der Waals surface area contributed by atoms with E-state index in [4.69, 9.17) is 9.47 Å². The van der Waals surface area contributed by atoms with Gasteiger partial charge in [-0.3, -0.25) is 14.4 Å². The van der Waals surface area contributed by atoms with Gasteiger partial charge in [0.2, 0.25) is 0 Å². The Morgan fingerprint density at radius 2 is 1.67 bits per heavy atom. The molecule has 7 nitrogen and oxygen atoms in total. The molecule has 7 heteroatoms. The van der Waals surface area contributed by atoms with Crippen molar-refractivity contribution in [1.82, 2.24) is 10.6 Å². The van der Waals surface area contributed by atoms with Gasteiger partial charge in [0.15, 0.2) is 6.61 Å². The maximum Gasteiger partial charge on any atom is 0.325 e. The normalized spacial score (nSPS) is 28.6. The number of benzene rings is 1. The number of rotatable bonds is 8. The van der Waals surface area contributed by atoms with Gasteiger partial charge in [-0.05, 0) is 75.3 Å². The predicted octanol–water partition coefficient (Wildman–Crippen LogP) is 2.44. The molecule has 0 saturated heterocycles. The SMILES string of the molecule is CCOc1ccccc1C(=O)NCC(=O)OCC(=O)NC12CC3CC(CC(C3)C1)C2. The van der Waals surface area contributed by atoms with Crippen LogP contribution in [0.5, 0.6) is 5.75 Å². The lowest BCUT2D eigenvalue weighted by Gasteiger charge is -2.56. The Labute approximate surface area is 176 Å². The Bertz CT molecular complexity index is 786. The first-order chi connectivity index (χ1) is 14.5. The summed E-state index contributed by atoms with van der Waals surface area (Å²) in [6, 6.07) is 6.83. The van der Waals surface area contributed by atoms with Crippen molar-refractivity contribution in [2.24, 2.45) is 17.8 Å². The molecule has 0 unspecified atom stereocenters. The van der Waals surface area contributed by atoms with Crippen LogP contribution in [0.1, 0.15) is 55.8 Å². The van der Waals surface area contributed by atoms with E-state index in [2.05, 4.69) is 10.6 Å². The fourth-order valence-electron chi connectivity index (χ4n) is 5.98. The molecule has 5 rings (SSSR count). The second-order valence-corrected chi connectivity index (χ2v) is 9.02. The molecule has 4 saturated carbocycles. The van der Waals surface area contributed by atoms with Crippen LogP contribution in [0.3, 0.4) is 0 Å². The Kier molecular flexibility index (Phi) is 5.97. The van der Waals surface area contributed by atoms with E-state index >= 15 is 0 Å². The summed E-state index contributed by atoms with van der Waals surface area (Å²) in [5, 5.41) is 5.69. The first-order valence-electron chi connectivity index (χ1n) is 10.9. The average molecular weight is 415 g/mol. The van der Waals surface area contributed by atoms with Crippen molar-refractivity contribution in [1.29, 1.82) is 0 Å². The van der Waals surface area contributed by atoms with Crippen LogP contribution in [0.25, 0.3) is 0 Å². The van der Waals surface area contributed by atoms with E-state index in [1.54, 1.807) is 24.3 Å². The number of hydrogen-bond acceptors (Lipinski definition) is 5. The molecular weight excluding hydrogens is 384 g/mol. The maximum atomic E-state index is 12.4. The number of carbonyl (C=O) groups excluding carboxylic acids is 3. The minimum atomic E-state index is -0.641. The van der Waals surface area contributed by atoms with E-state index in [1.807, 2.05) is 6.92 Å². The molecule has 1 aromatic carbocycles. The van der Waals surface area contributed by atoms with Crippen LogP contribution in [0.2, 0.25) is 0 Å². The zero-order valence-electron chi connectivity index (χ0n) is 17.4. The van der Waals surface area contributed by atoms with E-state index in [1.165, 1.54) is 19.3 Å². The Morgan fingerprint density at radius 3 is 2.30 bits per heavy atom. The van der Waals surface area contributed by atoms with E-state index in [9.17, 15) is 14.4 Å². The fraction of sp³-hybridized carbons (Fsp3) is 0.609. The van der Waals surface area contributed by atoms with Crippen LogP contribution < -0.4 is 15.4 Å². The lowest BCUT2D eigenvalue weighted by molar-refractivity contribution is -0.149. The fourth-order valence-corrected chi connectivity index (χ4v) is 5.98. The second-order valence-electron chi connectivity index (χ2n) is 9.02. The van der Waals surface area contributed by atoms with Crippen LogP contribution in [0.15, 0.2) is 24.3 Å². The summed E-state index contributed by atoms with van der Waals surface area (Å²) in [6.45, 7) is 1.65. The lowest BCUT2D eigenvalue weighted by Crippen LogP contribution is -2.60. The largest absolute Gasteiger partial charge is 0.493 e. The first kappa shape index (κ1) is 20.7. The molecule has 0 radical (unpaired) electrons. The molecule has 4 bridgehead atoms. The molecule has 4 aliphatic carbocycles. The van der Waals surface area contributed by atoms with Gasteiger partial charge in [-0.15, -0.1) is 0 Å². The topological polar surface area (TPSA) is 93.7 Å². The second kappa shape index (κ2) is 8.66. The van der Waals surface area contributed by atoms with Gasteiger partial charge in [0.05, 0.1) is 12.2 Å². The van der Waals surface area contributed by atoms with Gasteiger partial charge in [-0.1, -0.05) is 12.1 Å². The minimum absolute atomic E-state index is 0.102. The Morgan fingerprint density at radius 1 is 1.03 bits per heavy atom. The monoisotopic (exact) mass is 414 g/mol. The van der Waals surface area contributed by atoms with Crippen molar-refractivity contribution in [2.45, 2.75) is 51.0 Å². The third-order valence-electron chi connectivity index (χ3n) is 6.63. The summed E-state index contributed by atoms with van der Waals surface area (Å²) in [4.78, 5) is 36.7. The molecular formula is C23H30N2O5. The molecule has 0 aromatic heterocycles. The number of esters is 1. The third-order valence-corrected chi connectivity index (χ3v) is 6.63. The van der Waals surface area contributed by atoms with Crippen LogP contribution in [-0.4, -0.2) is 43.1 Å².